The quantitative estimate of drug-likeness (QED) is 0.290. The Hall–Kier alpha value is -1.98. The summed E-state index contributed by atoms with van der Waals surface area (Å²) in [5.41, 5.74) is 10.9. The Morgan fingerprint density at radius 2 is 0.771 bits per heavy atom. The first-order valence-electron chi connectivity index (χ1n) is 12.0. The minimum Gasteiger partial charge on any atom is -0.263 e. The summed E-state index contributed by atoms with van der Waals surface area (Å²) in [5.74, 6) is 0. The van der Waals surface area contributed by atoms with Crippen molar-refractivity contribution in [2.75, 3.05) is 0 Å². The molecule has 0 amide bonds. The molecule has 0 spiro atoms. The molecule has 0 aromatic heterocycles. The molecule has 0 unspecified atom stereocenters. The normalized spacial score (nSPS) is 16.9. The van der Waals surface area contributed by atoms with Crippen LogP contribution in [0.4, 0.5) is 0 Å². The zero-order chi connectivity index (χ0) is 26.1. The molecule has 0 saturated heterocycles. The summed E-state index contributed by atoms with van der Waals surface area (Å²) >= 11 is 0. The van der Waals surface area contributed by atoms with Gasteiger partial charge in [-0.2, -0.15) is 71.5 Å². The molecule has 2 aromatic rings. The first-order chi connectivity index (χ1) is 15.7. The predicted molar refractivity (Wildman–Crippen MR) is 151 cm³/mol. The van der Waals surface area contributed by atoms with Crippen LogP contribution in [0, 0.1) is 36.8 Å². The van der Waals surface area contributed by atoms with Gasteiger partial charge in [0.1, 0.15) is 0 Å². The van der Waals surface area contributed by atoms with E-state index in [4.69, 9.17) is 0 Å². The fourth-order valence-corrected chi connectivity index (χ4v) is 3.77. The van der Waals surface area contributed by atoms with Crippen LogP contribution in [0.1, 0.15) is 80.4 Å². The number of rotatable bonds is 0. The summed E-state index contributed by atoms with van der Waals surface area (Å²) in [6.07, 6.45) is 6.87. The predicted octanol–water partition coefficient (Wildman–Crippen LogP) is 9.96. The van der Waals surface area contributed by atoms with Crippen molar-refractivity contribution in [3.8, 4) is 0 Å². The van der Waals surface area contributed by atoms with Crippen molar-refractivity contribution >= 4 is 0 Å². The van der Waals surface area contributed by atoms with Gasteiger partial charge in [-0.25, -0.2) is 11.1 Å². The topological polar surface area (TPSA) is 0 Å². The van der Waals surface area contributed by atoms with Gasteiger partial charge in [0.15, 0.2) is 0 Å². The average Bonchev–Trinajstić information content (AvgIpc) is 3.07. The van der Waals surface area contributed by atoms with E-state index in [2.05, 4.69) is 95.2 Å². The van der Waals surface area contributed by atoms with Gasteiger partial charge in [0, 0.05) is 0 Å². The molecular formula is C34H44Zr. The van der Waals surface area contributed by atoms with E-state index in [1.165, 1.54) is 33.4 Å². The molecule has 0 heterocycles. The first kappa shape index (κ1) is 33.0. The van der Waals surface area contributed by atoms with Gasteiger partial charge in [-0.1, -0.05) is 78.4 Å². The van der Waals surface area contributed by atoms with E-state index in [1.54, 1.807) is 0 Å². The van der Waals surface area contributed by atoms with Gasteiger partial charge in [-0.3, -0.25) is 12.2 Å². The Balaban J connectivity index is 0.000000442. The fourth-order valence-electron chi connectivity index (χ4n) is 3.77. The monoisotopic (exact) mass is 542 g/mol. The molecule has 0 bridgehead atoms. The third-order valence-corrected chi connectivity index (χ3v) is 6.81. The molecule has 0 aliphatic heterocycles. The van der Waals surface area contributed by atoms with Crippen LogP contribution < -0.4 is 0 Å². The van der Waals surface area contributed by atoms with E-state index in [0.717, 1.165) is 11.1 Å². The minimum absolute atomic E-state index is 0. The smallest absolute Gasteiger partial charge is 0.263 e. The summed E-state index contributed by atoms with van der Waals surface area (Å²) in [4.78, 5) is 0. The van der Waals surface area contributed by atoms with Gasteiger partial charge in [-0.15, -0.1) is 38.1 Å². The van der Waals surface area contributed by atoms with Crippen molar-refractivity contribution in [1.29, 1.82) is 0 Å². The molecule has 0 atom stereocenters. The zero-order valence-corrected chi connectivity index (χ0v) is 26.1. The van der Waals surface area contributed by atoms with E-state index < -0.39 is 0 Å². The van der Waals surface area contributed by atoms with Crippen molar-refractivity contribution in [3.05, 3.63) is 131 Å². The molecule has 0 nitrogen and oxygen atoms in total. The Bertz CT molecular complexity index is 955. The van der Waals surface area contributed by atoms with Crippen LogP contribution in [0.2, 0.25) is 0 Å². The number of benzene rings is 2. The number of allylic oxidation sites excluding steroid dienone is 8. The second-order valence-corrected chi connectivity index (χ2v) is 10.2. The van der Waals surface area contributed by atoms with Crippen LogP contribution in [0.25, 0.3) is 0 Å². The summed E-state index contributed by atoms with van der Waals surface area (Å²) < 4.78 is 0. The fraction of sp³-hybridized carbons (Fsp3) is 0.353. The molecule has 2 aliphatic rings. The Kier molecular flexibility index (Phi) is 13.7. The maximum atomic E-state index is 3.72. The molecule has 35 heavy (non-hydrogen) atoms. The number of hydrogen-bond donors (Lipinski definition) is 0. The third kappa shape index (κ3) is 10.7. The maximum absolute atomic E-state index is 3.72. The Labute approximate surface area is 236 Å². The van der Waals surface area contributed by atoms with E-state index in [0.29, 0.717) is 0 Å². The van der Waals surface area contributed by atoms with Gasteiger partial charge in [0.05, 0.1) is 0 Å². The summed E-state index contributed by atoms with van der Waals surface area (Å²) in [7, 11) is 0. The van der Waals surface area contributed by atoms with Crippen molar-refractivity contribution < 1.29 is 26.2 Å². The summed E-state index contributed by atoms with van der Waals surface area (Å²) in [5, 5.41) is 0. The van der Waals surface area contributed by atoms with Gasteiger partial charge in [0.25, 0.3) is 0 Å². The third-order valence-electron chi connectivity index (χ3n) is 6.81. The SMILES string of the molecule is CC1=[C-]C(C)(C)C(C)=C1C.CC1=[C-]C(C)(C)C(C)=C1C.[CH2-]c1ccccc1.[CH2-]c1ccccc1.[Zr+4]. The average molecular weight is 544 g/mol. The van der Waals surface area contributed by atoms with E-state index >= 15 is 0 Å². The maximum Gasteiger partial charge on any atom is 4.00 e. The molecule has 184 valence electrons. The van der Waals surface area contributed by atoms with Gasteiger partial charge in [0.2, 0.25) is 0 Å². The molecule has 0 N–H and O–H groups in total. The van der Waals surface area contributed by atoms with Crippen molar-refractivity contribution in [3.63, 3.8) is 0 Å². The van der Waals surface area contributed by atoms with E-state index in [9.17, 15) is 0 Å². The standard InChI is InChI=1S/2C10H15.2C7H7.Zr/c2*1-7-6-10(4,5)9(3)8(7)2;2*1-7-5-3-2-4-6-7;/h2*1-5H3;2*2-6H,1H2;/q4*-1;+4. The van der Waals surface area contributed by atoms with Gasteiger partial charge >= 0.3 is 26.2 Å². The molecule has 1 heteroatoms. The Morgan fingerprint density at radius 3 is 0.857 bits per heavy atom. The largest absolute Gasteiger partial charge is 4.00 e. The van der Waals surface area contributed by atoms with E-state index in [-0.39, 0.29) is 37.0 Å². The van der Waals surface area contributed by atoms with Crippen LogP contribution in [-0.4, -0.2) is 0 Å². The van der Waals surface area contributed by atoms with E-state index in [1.807, 2.05) is 60.7 Å². The summed E-state index contributed by atoms with van der Waals surface area (Å²) in [6.45, 7) is 29.3. The molecule has 0 fully saturated rings. The van der Waals surface area contributed by atoms with Crippen molar-refractivity contribution in [1.82, 2.24) is 0 Å². The van der Waals surface area contributed by atoms with Crippen molar-refractivity contribution in [2.45, 2.75) is 69.2 Å². The van der Waals surface area contributed by atoms with Crippen LogP contribution in [0.5, 0.6) is 0 Å². The van der Waals surface area contributed by atoms with Crippen LogP contribution in [0.3, 0.4) is 0 Å². The molecule has 4 rings (SSSR count). The van der Waals surface area contributed by atoms with Crippen LogP contribution in [-0.2, 0) is 26.2 Å². The second-order valence-electron chi connectivity index (χ2n) is 10.2. The van der Waals surface area contributed by atoms with Gasteiger partial charge < -0.3 is 0 Å². The number of hydrogen-bond acceptors (Lipinski definition) is 0. The summed E-state index contributed by atoms with van der Waals surface area (Å²) in [6, 6.07) is 19.7. The molecule has 2 aromatic carbocycles. The van der Waals surface area contributed by atoms with Crippen LogP contribution in [0.15, 0.2) is 94.1 Å². The molecule has 2 aliphatic carbocycles. The Morgan fingerprint density at radius 1 is 0.514 bits per heavy atom. The first-order valence-corrected chi connectivity index (χ1v) is 12.0. The minimum atomic E-state index is 0. The zero-order valence-electron chi connectivity index (χ0n) is 23.7. The van der Waals surface area contributed by atoms with Crippen molar-refractivity contribution in [2.24, 2.45) is 10.8 Å². The molecular weight excluding hydrogens is 500 g/mol. The van der Waals surface area contributed by atoms with Crippen LogP contribution >= 0.6 is 0 Å². The molecule has 0 saturated carbocycles. The van der Waals surface area contributed by atoms with Gasteiger partial charge in [-0.05, 0) is 0 Å². The second kappa shape index (κ2) is 14.6. The molecule has 0 radical (unpaired) electrons.